The van der Waals surface area contributed by atoms with Crippen LogP contribution >= 0.6 is 0 Å². The number of nitrogens with one attached hydrogen (secondary N) is 2. The van der Waals surface area contributed by atoms with Gasteiger partial charge in [0.25, 0.3) is 0 Å². The molecular formula is C13H20N4O4. The first-order valence-electron chi connectivity index (χ1n) is 6.00. The monoisotopic (exact) mass is 296 g/mol. The molecule has 1 atom stereocenters. The topological polar surface area (TPSA) is 141 Å². The van der Waals surface area contributed by atoms with Crippen molar-refractivity contribution < 1.29 is 19.2 Å². The molecule has 0 aliphatic rings. The molecule has 0 aromatic carbocycles. The van der Waals surface area contributed by atoms with Gasteiger partial charge in [-0.25, -0.2) is 40.0 Å². The minimum atomic E-state index is 0.109. The Morgan fingerprint density at radius 1 is 1.00 bits per heavy atom. The molecule has 8 nitrogen and oxygen atoms in total. The molecule has 0 radical (unpaired) electrons. The molecule has 0 aliphatic carbocycles. The third-order valence-electron chi connectivity index (χ3n) is 2.33. The normalized spacial score (nSPS) is 9.67. The molecule has 8 heteroatoms. The third-order valence-corrected chi connectivity index (χ3v) is 2.33. The highest BCUT2D eigenvalue weighted by Gasteiger charge is 2.20. The second-order valence-electron chi connectivity index (χ2n) is 4.83. The van der Waals surface area contributed by atoms with Crippen LogP contribution in [0.15, 0.2) is 9.98 Å². The van der Waals surface area contributed by atoms with Crippen molar-refractivity contribution >= 4 is 24.3 Å². The Morgan fingerprint density at radius 2 is 1.43 bits per heavy atom. The summed E-state index contributed by atoms with van der Waals surface area (Å²) in [5, 5.41) is 10.8. The van der Waals surface area contributed by atoms with Gasteiger partial charge in [0.1, 0.15) is 0 Å². The largest absolute Gasteiger partial charge is 0.234 e. The van der Waals surface area contributed by atoms with Gasteiger partial charge in [-0.05, 0) is 24.2 Å². The molecule has 0 aromatic rings. The molecule has 0 aliphatic heterocycles. The number of hydrogen-bond acceptors (Lipinski definition) is 8. The van der Waals surface area contributed by atoms with Crippen molar-refractivity contribution in [3.8, 4) is 0 Å². The molecule has 2 N–H and O–H groups in total. The minimum Gasteiger partial charge on any atom is -0.222 e. The van der Waals surface area contributed by atoms with E-state index in [0.717, 1.165) is 25.0 Å². The predicted molar refractivity (Wildman–Crippen MR) is 75.0 cm³/mol. The predicted octanol–water partition coefficient (Wildman–Crippen LogP) is 1.90. The molecule has 0 fully saturated rings. The fourth-order valence-electron chi connectivity index (χ4n) is 1.71. The lowest BCUT2D eigenvalue weighted by Gasteiger charge is -2.26. The van der Waals surface area contributed by atoms with Gasteiger partial charge in [-0.1, -0.05) is 20.8 Å². The maximum atomic E-state index is 9.94. The summed E-state index contributed by atoms with van der Waals surface area (Å²) in [5.74, 6) is 0.349. The van der Waals surface area contributed by atoms with E-state index in [4.69, 9.17) is 20.4 Å². The fourth-order valence-corrected chi connectivity index (χ4v) is 1.71. The Morgan fingerprint density at radius 3 is 1.81 bits per heavy atom. The summed E-state index contributed by atoms with van der Waals surface area (Å²) in [6.07, 6.45) is 6.37. The lowest BCUT2D eigenvalue weighted by atomic mass is 9.80. The van der Waals surface area contributed by atoms with Crippen molar-refractivity contribution in [3.05, 3.63) is 0 Å². The standard InChI is InChI=1S/C11H18N2O2.2CHNO/c1-10(7-13-9-15)6-11(2,3)4-5-12-8-14;2*2-1-3/h10H,4-7H2,1-3H3;2*2H. The maximum absolute atomic E-state index is 9.94. The number of nitrogens with zero attached hydrogens (tertiary/aromatic N) is 2. The molecule has 21 heavy (non-hydrogen) atoms. The van der Waals surface area contributed by atoms with Gasteiger partial charge in [0.15, 0.2) is 0 Å². The van der Waals surface area contributed by atoms with Crippen molar-refractivity contribution in [2.45, 2.75) is 33.6 Å². The Hall–Kier alpha value is -2.48. The average molecular weight is 296 g/mol. The van der Waals surface area contributed by atoms with Crippen LogP contribution in [0, 0.1) is 22.2 Å². The second-order valence-corrected chi connectivity index (χ2v) is 4.83. The van der Waals surface area contributed by atoms with Crippen LogP contribution in [0.3, 0.4) is 0 Å². The van der Waals surface area contributed by atoms with E-state index in [1.807, 2.05) is 6.92 Å². The van der Waals surface area contributed by atoms with E-state index >= 15 is 0 Å². The van der Waals surface area contributed by atoms with E-state index in [9.17, 15) is 9.59 Å². The molecule has 0 amide bonds. The van der Waals surface area contributed by atoms with Crippen LogP contribution < -0.4 is 0 Å². The molecule has 1 unspecified atom stereocenters. The van der Waals surface area contributed by atoms with Crippen molar-refractivity contribution in [2.75, 3.05) is 13.1 Å². The summed E-state index contributed by atoms with van der Waals surface area (Å²) in [6.45, 7) is 7.32. The van der Waals surface area contributed by atoms with Crippen molar-refractivity contribution in [2.24, 2.45) is 21.3 Å². The van der Waals surface area contributed by atoms with Gasteiger partial charge < -0.3 is 0 Å². The van der Waals surface area contributed by atoms with Crippen LogP contribution in [0.1, 0.15) is 33.6 Å². The molecule has 0 aromatic heterocycles. The lowest BCUT2D eigenvalue weighted by Crippen LogP contribution is -2.18. The number of hydrogen-bond donors (Lipinski definition) is 2. The maximum Gasteiger partial charge on any atom is 0.234 e. The molecule has 0 bridgehead atoms. The van der Waals surface area contributed by atoms with E-state index in [2.05, 4.69) is 23.8 Å². The molecule has 0 spiro atoms. The fraction of sp³-hybridized carbons (Fsp3) is 0.692. The molecule has 116 valence electrons. The Bertz CT molecular complexity index is 411. The highest BCUT2D eigenvalue weighted by Crippen LogP contribution is 2.29. The van der Waals surface area contributed by atoms with Crippen molar-refractivity contribution in [3.63, 3.8) is 0 Å². The van der Waals surface area contributed by atoms with Crippen LogP contribution in [0.2, 0.25) is 0 Å². The zero-order valence-electron chi connectivity index (χ0n) is 12.4. The summed E-state index contributed by atoms with van der Waals surface area (Å²) in [6, 6.07) is 0. The van der Waals surface area contributed by atoms with Crippen LogP contribution in [-0.2, 0) is 19.2 Å². The number of carbonyl (C=O) groups excluding carboxylic acids is 4. The second kappa shape index (κ2) is 17.5. The van der Waals surface area contributed by atoms with Crippen molar-refractivity contribution in [1.82, 2.24) is 0 Å². The zero-order valence-corrected chi connectivity index (χ0v) is 12.4. The van der Waals surface area contributed by atoms with Crippen LogP contribution in [0.5, 0.6) is 0 Å². The molecular weight excluding hydrogens is 276 g/mol. The van der Waals surface area contributed by atoms with Gasteiger partial charge >= 0.3 is 0 Å². The van der Waals surface area contributed by atoms with E-state index in [0.29, 0.717) is 19.0 Å². The summed E-state index contributed by atoms with van der Waals surface area (Å²) in [4.78, 5) is 43.6. The van der Waals surface area contributed by atoms with Gasteiger partial charge in [0.2, 0.25) is 24.3 Å². The van der Waals surface area contributed by atoms with Crippen molar-refractivity contribution in [1.29, 1.82) is 10.8 Å². The SMILES string of the molecule is CC(CN=C=O)CC(C)(C)CCN=C=O.N=C=O.N=C=O. The van der Waals surface area contributed by atoms with Gasteiger partial charge in [-0.3, -0.25) is 0 Å². The first-order chi connectivity index (χ1) is 9.84. The van der Waals surface area contributed by atoms with Gasteiger partial charge in [-0.2, -0.15) is 0 Å². The highest BCUT2D eigenvalue weighted by atomic mass is 16.1. The highest BCUT2D eigenvalue weighted by molar-refractivity contribution is 5.33. The number of isocyanates is 4. The number of rotatable bonds is 7. The van der Waals surface area contributed by atoms with Gasteiger partial charge in [0, 0.05) is 0 Å². The van der Waals surface area contributed by atoms with Crippen LogP contribution in [0.25, 0.3) is 0 Å². The Balaban J connectivity index is -0.000000460. The molecule has 0 rings (SSSR count). The molecule has 0 saturated carbocycles. The van der Waals surface area contributed by atoms with E-state index < -0.39 is 0 Å². The summed E-state index contributed by atoms with van der Waals surface area (Å²) in [5.41, 5.74) is 0.109. The summed E-state index contributed by atoms with van der Waals surface area (Å²) < 4.78 is 0. The minimum absolute atomic E-state index is 0.109. The molecule has 0 saturated heterocycles. The summed E-state index contributed by atoms with van der Waals surface area (Å²) >= 11 is 0. The Labute approximate surface area is 123 Å². The smallest absolute Gasteiger partial charge is 0.222 e. The van der Waals surface area contributed by atoms with E-state index in [1.165, 1.54) is 6.08 Å². The van der Waals surface area contributed by atoms with E-state index in [1.54, 1.807) is 6.08 Å². The average Bonchev–Trinajstić information content (AvgIpc) is 2.38. The summed E-state index contributed by atoms with van der Waals surface area (Å²) in [7, 11) is 0. The van der Waals surface area contributed by atoms with Crippen LogP contribution in [-0.4, -0.2) is 37.4 Å². The zero-order chi connectivity index (χ0) is 17.1. The molecule has 0 heterocycles. The van der Waals surface area contributed by atoms with Gasteiger partial charge in [0.05, 0.1) is 13.1 Å². The first-order valence-corrected chi connectivity index (χ1v) is 6.00. The van der Waals surface area contributed by atoms with Crippen LogP contribution in [0.4, 0.5) is 0 Å². The Kier molecular flexibility index (Phi) is 19.7. The van der Waals surface area contributed by atoms with E-state index in [-0.39, 0.29) is 5.41 Å². The number of aliphatic imine (C=N–C) groups is 2. The quantitative estimate of drug-likeness (QED) is 0.546. The third kappa shape index (κ3) is 26.9. The lowest BCUT2D eigenvalue weighted by molar-refractivity contribution is 0.264. The first kappa shape index (κ1) is 23.6. The van der Waals surface area contributed by atoms with Gasteiger partial charge in [-0.15, -0.1) is 0 Å².